The first-order valence-electron chi connectivity index (χ1n) is 7.36. The predicted octanol–water partition coefficient (Wildman–Crippen LogP) is 3.91. The fourth-order valence-electron chi connectivity index (χ4n) is 2.56. The molecule has 0 fully saturated rings. The van der Waals surface area contributed by atoms with E-state index in [0.717, 1.165) is 30.0 Å². The summed E-state index contributed by atoms with van der Waals surface area (Å²) in [6, 6.07) is 11.7. The fourth-order valence-corrected chi connectivity index (χ4v) is 2.56. The number of hydrogen-bond donors (Lipinski definition) is 1. The summed E-state index contributed by atoms with van der Waals surface area (Å²) in [7, 11) is 1.87. The van der Waals surface area contributed by atoms with Crippen LogP contribution in [0.4, 0.5) is 5.82 Å². The van der Waals surface area contributed by atoms with Gasteiger partial charge in [-0.1, -0.05) is 17.7 Å². The van der Waals surface area contributed by atoms with Crippen LogP contribution in [0.3, 0.4) is 0 Å². The van der Waals surface area contributed by atoms with Crippen molar-refractivity contribution >= 4 is 11.4 Å². The van der Waals surface area contributed by atoms with E-state index in [9.17, 15) is 0 Å². The van der Waals surface area contributed by atoms with Crippen LogP contribution in [0, 0.1) is 11.3 Å². The predicted molar refractivity (Wildman–Crippen MR) is 88.8 cm³/mol. The second-order valence-electron chi connectivity index (χ2n) is 5.44. The van der Waals surface area contributed by atoms with Crippen molar-refractivity contribution in [2.24, 2.45) is 0 Å². The Balaban J connectivity index is 2.07. The number of aromatic nitrogens is 2. The Morgan fingerprint density at radius 2 is 1.95 bits per heavy atom. The van der Waals surface area contributed by atoms with Crippen LogP contribution in [-0.4, -0.2) is 16.8 Å². The molecule has 3 rings (SSSR count). The first kappa shape index (κ1) is 14.2. The van der Waals surface area contributed by atoms with Crippen molar-refractivity contribution < 1.29 is 0 Å². The van der Waals surface area contributed by atoms with Crippen LogP contribution in [0.2, 0.25) is 0 Å². The molecule has 0 amide bonds. The van der Waals surface area contributed by atoms with Gasteiger partial charge in [0.2, 0.25) is 0 Å². The summed E-state index contributed by atoms with van der Waals surface area (Å²) < 4.78 is 1.94. The summed E-state index contributed by atoms with van der Waals surface area (Å²) in [5.74, 6) is 0.839. The number of rotatable bonds is 3. The van der Waals surface area contributed by atoms with Gasteiger partial charge < -0.3 is 5.32 Å². The van der Waals surface area contributed by atoms with E-state index in [1.54, 1.807) is 0 Å². The molecule has 1 N–H and O–H groups in total. The second-order valence-corrected chi connectivity index (χ2v) is 5.44. The van der Waals surface area contributed by atoms with Gasteiger partial charge in [0.25, 0.3) is 0 Å². The lowest BCUT2D eigenvalue weighted by Gasteiger charge is -2.14. The molecule has 1 aromatic heterocycles. The van der Waals surface area contributed by atoms with Crippen molar-refractivity contribution in [3.63, 3.8) is 0 Å². The zero-order valence-electron chi connectivity index (χ0n) is 12.8. The van der Waals surface area contributed by atoms with E-state index in [1.807, 2.05) is 36.0 Å². The van der Waals surface area contributed by atoms with Gasteiger partial charge in [0.1, 0.15) is 5.82 Å². The molecule has 0 saturated carbocycles. The second kappa shape index (κ2) is 5.90. The number of nitrogens with zero attached hydrogens (tertiary/aromatic N) is 3. The van der Waals surface area contributed by atoms with Crippen molar-refractivity contribution in [3.8, 4) is 11.8 Å². The Morgan fingerprint density at radius 1 is 1.18 bits per heavy atom. The van der Waals surface area contributed by atoms with E-state index in [-0.39, 0.29) is 0 Å². The maximum atomic E-state index is 8.93. The van der Waals surface area contributed by atoms with Crippen molar-refractivity contribution in [1.82, 2.24) is 9.78 Å². The smallest absolute Gasteiger partial charge is 0.148 e. The lowest BCUT2D eigenvalue weighted by atomic mass is 9.97. The van der Waals surface area contributed by atoms with Gasteiger partial charge in [0.15, 0.2) is 0 Å². The normalized spacial score (nSPS) is 14.0. The van der Waals surface area contributed by atoms with Gasteiger partial charge in [-0.2, -0.15) is 5.26 Å². The van der Waals surface area contributed by atoms with Gasteiger partial charge in [0.05, 0.1) is 23.0 Å². The van der Waals surface area contributed by atoms with Gasteiger partial charge in [-0.25, -0.2) is 4.68 Å². The standard InChI is InChI=1S/C18H18N4/c1-13-3-7-15(8-4-13)17-11-18(20-2)21-22(17)16-9-5-14(12-19)6-10-16/h3,5-7,9-11H,4,8H2,1-2H3,(H,20,21). The molecule has 2 aromatic rings. The van der Waals surface area contributed by atoms with Crippen LogP contribution in [0.25, 0.3) is 11.3 Å². The molecule has 0 bridgehead atoms. The third kappa shape index (κ3) is 2.66. The van der Waals surface area contributed by atoms with Crippen LogP contribution in [0.15, 0.2) is 48.1 Å². The number of allylic oxidation sites excluding steroid dienone is 4. The molecule has 0 spiro atoms. The minimum atomic E-state index is 0.654. The topological polar surface area (TPSA) is 53.6 Å². The van der Waals surface area contributed by atoms with Gasteiger partial charge in [-0.05, 0) is 49.6 Å². The molecule has 1 aromatic carbocycles. The van der Waals surface area contributed by atoms with Crippen LogP contribution in [0.5, 0.6) is 0 Å². The van der Waals surface area contributed by atoms with E-state index in [1.165, 1.54) is 11.1 Å². The van der Waals surface area contributed by atoms with Crippen molar-refractivity contribution in [1.29, 1.82) is 5.26 Å². The molecule has 4 nitrogen and oxygen atoms in total. The zero-order valence-corrected chi connectivity index (χ0v) is 12.8. The highest BCUT2D eigenvalue weighted by Gasteiger charge is 2.15. The number of benzene rings is 1. The molecule has 0 radical (unpaired) electrons. The molecule has 0 aliphatic heterocycles. The third-order valence-corrected chi connectivity index (χ3v) is 3.89. The van der Waals surface area contributed by atoms with Crippen LogP contribution < -0.4 is 5.32 Å². The van der Waals surface area contributed by atoms with Gasteiger partial charge in [-0.3, -0.25) is 0 Å². The SMILES string of the molecule is CNc1cc(C2=CC=C(C)CC2)n(-c2ccc(C#N)cc2)n1. The molecular formula is C18H18N4. The molecule has 0 unspecified atom stereocenters. The number of nitrogens with one attached hydrogen (secondary N) is 1. The largest absolute Gasteiger partial charge is 0.372 e. The van der Waals surface area contributed by atoms with Gasteiger partial charge in [0, 0.05) is 13.1 Å². The molecule has 1 heterocycles. The van der Waals surface area contributed by atoms with E-state index >= 15 is 0 Å². The Hall–Kier alpha value is -2.80. The van der Waals surface area contributed by atoms with Gasteiger partial charge >= 0.3 is 0 Å². The highest BCUT2D eigenvalue weighted by atomic mass is 15.3. The van der Waals surface area contributed by atoms with E-state index in [2.05, 4.69) is 41.6 Å². The van der Waals surface area contributed by atoms with E-state index in [0.29, 0.717) is 5.56 Å². The Bertz CT molecular complexity index is 785. The highest BCUT2D eigenvalue weighted by molar-refractivity contribution is 5.70. The maximum absolute atomic E-state index is 8.93. The number of hydrogen-bond acceptors (Lipinski definition) is 3. The number of nitriles is 1. The summed E-state index contributed by atoms with van der Waals surface area (Å²) in [5.41, 5.74) is 5.40. The molecule has 0 saturated heterocycles. The molecule has 1 aliphatic carbocycles. The first-order valence-corrected chi connectivity index (χ1v) is 7.36. The third-order valence-electron chi connectivity index (χ3n) is 3.89. The lowest BCUT2D eigenvalue weighted by molar-refractivity contribution is 0.854. The van der Waals surface area contributed by atoms with Crippen LogP contribution >= 0.6 is 0 Å². The van der Waals surface area contributed by atoms with Crippen LogP contribution in [-0.2, 0) is 0 Å². The first-order chi connectivity index (χ1) is 10.7. The van der Waals surface area contributed by atoms with Crippen molar-refractivity contribution in [2.45, 2.75) is 19.8 Å². The van der Waals surface area contributed by atoms with Crippen LogP contribution in [0.1, 0.15) is 31.0 Å². The summed E-state index contributed by atoms with van der Waals surface area (Å²) in [5, 5.41) is 16.6. The molecule has 1 aliphatic rings. The zero-order chi connectivity index (χ0) is 15.5. The molecule has 22 heavy (non-hydrogen) atoms. The average Bonchev–Trinajstić information content (AvgIpc) is 3.00. The minimum absolute atomic E-state index is 0.654. The van der Waals surface area contributed by atoms with E-state index < -0.39 is 0 Å². The fraction of sp³-hybridized carbons (Fsp3) is 0.222. The highest BCUT2D eigenvalue weighted by Crippen LogP contribution is 2.29. The number of anilines is 1. The maximum Gasteiger partial charge on any atom is 0.148 e. The summed E-state index contributed by atoms with van der Waals surface area (Å²) >= 11 is 0. The average molecular weight is 290 g/mol. The summed E-state index contributed by atoms with van der Waals surface area (Å²) in [4.78, 5) is 0. The molecule has 110 valence electrons. The quantitative estimate of drug-likeness (QED) is 0.932. The summed E-state index contributed by atoms with van der Waals surface area (Å²) in [6.07, 6.45) is 6.45. The molecule has 0 atom stereocenters. The van der Waals surface area contributed by atoms with Crippen molar-refractivity contribution in [3.05, 3.63) is 59.3 Å². The molecular weight excluding hydrogens is 272 g/mol. The monoisotopic (exact) mass is 290 g/mol. The molecule has 4 heteroatoms. The summed E-state index contributed by atoms with van der Waals surface area (Å²) in [6.45, 7) is 2.16. The minimum Gasteiger partial charge on any atom is -0.372 e. The van der Waals surface area contributed by atoms with Crippen molar-refractivity contribution in [2.75, 3.05) is 12.4 Å². The Labute approximate surface area is 130 Å². The van der Waals surface area contributed by atoms with E-state index in [4.69, 9.17) is 5.26 Å². The Morgan fingerprint density at radius 3 is 2.55 bits per heavy atom. The Kier molecular flexibility index (Phi) is 3.80. The lowest BCUT2D eigenvalue weighted by Crippen LogP contribution is -2.03. The van der Waals surface area contributed by atoms with Gasteiger partial charge in [-0.15, -0.1) is 5.10 Å².